The van der Waals surface area contributed by atoms with Crippen molar-refractivity contribution in [3.8, 4) is 0 Å². The van der Waals surface area contributed by atoms with Crippen molar-refractivity contribution in [3.63, 3.8) is 0 Å². The maximum atomic E-state index is 11.8. The van der Waals surface area contributed by atoms with E-state index in [9.17, 15) is 18.0 Å². The molecule has 0 aliphatic heterocycles. The van der Waals surface area contributed by atoms with Gasteiger partial charge in [-0.15, -0.1) is 12.4 Å². The Balaban J connectivity index is 0.00000361. The zero-order chi connectivity index (χ0) is 14.3. The lowest BCUT2D eigenvalue weighted by molar-refractivity contribution is -0.174. The lowest BCUT2D eigenvalue weighted by atomic mass is 10.2. The maximum absolute atomic E-state index is 11.8. The second-order valence-corrected chi connectivity index (χ2v) is 3.89. The number of amides is 1. The minimum atomic E-state index is -4.42. The number of rotatable bonds is 6. The molecule has 0 spiro atoms. The van der Waals surface area contributed by atoms with Gasteiger partial charge in [0.2, 0.25) is 5.91 Å². The average molecular weight is 313 g/mol. The molecular weight excluding hydrogens is 297 g/mol. The third-order valence-electron chi connectivity index (χ3n) is 2.09. The van der Waals surface area contributed by atoms with Crippen LogP contribution in [0.25, 0.3) is 0 Å². The van der Waals surface area contributed by atoms with Gasteiger partial charge in [0.1, 0.15) is 13.2 Å². The van der Waals surface area contributed by atoms with Gasteiger partial charge in [0.05, 0.1) is 0 Å². The summed E-state index contributed by atoms with van der Waals surface area (Å²) in [7, 11) is 1.79. The predicted molar refractivity (Wildman–Crippen MR) is 72.0 cm³/mol. The number of nitrogens with one attached hydrogen (secondary N) is 2. The topological polar surface area (TPSA) is 50.4 Å². The first kappa shape index (κ1) is 18.7. The summed E-state index contributed by atoms with van der Waals surface area (Å²) in [6, 6.07) is 7.00. The van der Waals surface area contributed by atoms with Gasteiger partial charge in [-0.2, -0.15) is 13.2 Å². The van der Waals surface area contributed by atoms with Crippen LogP contribution in [-0.4, -0.2) is 32.3 Å². The lowest BCUT2D eigenvalue weighted by Crippen LogP contribution is -2.24. The minimum Gasteiger partial charge on any atom is -0.362 e. The number of anilines is 1. The molecular formula is C12H16ClF3N2O2. The molecule has 1 aromatic rings. The summed E-state index contributed by atoms with van der Waals surface area (Å²) in [5, 5.41) is 5.42. The summed E-state index contributed by atoms with van der Waals surface area (Å²) in [6.07, 6.45) is -4.42. The third-order valence-corrected chi connectivity index (χ3v) is 2.09. The molecule has 0 unspecified atom stereocenters. The van der Waals surface area contributed by atoms with Crippen LogP contribution in [0.15, 0.2) is 24.3 Å². The molecule has 0 saturated carbocycles. The molecule has 0 aliphatic carbocycles. The number of ether oxygens (including phenoxy) is 1. The number of halogens is 4. The molecule has 0 heterocycles. The Morgan fingerprint density at radius 3 is 2.65 bits per heavy atom. The molecule has 8 heteroatoms. The largest absolute Gasteiger partial charge is 0.411 e. The van der Waals surface area contributed by atoms with Crippen LogP contribution in [-0.2, 0) is 16.1 Å². The molecule has 0 atom stereocenters. The summed E-state index contributed by atoms with van der Waals surface area (Å²) in [5.41, 5.74) is 1.48. The van der Waals surface area contributed by atoms with Crippen LogP contribution in [0.4, 0.5) is 18.9 Å². The Hall–Kier alpha value is -1.31. The summed E-state index contributed by atoms with van der Waals surface area (Å²) in [4.78, 5) is 11.3. The van der Waals surface area contributed by atoms with Crippen molar-refractivity contribution in [2.24, 2.45) is 0 Å². The number of benzene rings is 1. The molecule has 0 radical (unpaired) electrons. The Labute approximate surface area is 121 Å². The standard InChI is InChI=1S/C12H15F3N2O2.ClH/c1-16-6-9-3-2-4-10(5-9)17-11(18)7-19-8-12(13,14)15;/h2-5,16H,6-8H2,1H3,(H,17,18);1H. The van der Waals surface area contributed by atoms with E-state index in [2.05, 4.69) is 15.4 Å². The maximum Gasteiger partial charge on any atom is 0.411 e. The Morgan fingerprint density at radius 2 is 2.05 bits per heavy atom. The van der Waals surface area contributed by atoms with Gasteiger partial charge in [-0.25, -0.2) is 0 Å². The Bertz CT molecular complexity index is 427. The van der Waals surface area contributed by atoms with E-state index in [1.54, 1.807) is 25.2 Å². The fraction of sp³-hybridized carbons (Fsp3) is 0.417. The van der Waals surface area contributed by atoms with Gasteiger partial charge in [0.15, 0.2) is 0 Å². The van der Waals surface area contributed by atoms with Crippen LogP contribution < -0.4 is 10.6 Å². The first-order valence-corrected chi connectivity index (χ1v) is 5.58. The molecule has 20 heavy (non-hydrogen) atoms. The number of carbonyl (C=O) groups is 1. The SMILES string of the molecule is CNCc1cccc(NC(=O)COCC(F)(F)F)c1.Cl. The van der Waals surface area contributed by atoms with Crippen LogP contribution in [0.1, 0.15) is 5.56 Å². The van der Waals surface area contributed by atoms with Crippen molar-refractivity contribution < 1.29 is 22.7 Å². The summed E-state index contributed by atoms with van der Waals surface area (Å²) >= 11 is 0. The highest BCUT2D eigenvalue weighted by molar-refractivity contribution is 5.91. The fourth-order valence-corrected chi connectivity index (χ4v) is 1.42. The molecule has 0 aromatic heterocycles. The Kier molecular flexibility index (Phi) is 8.21. The zero-order valence-corrected chi connectivity index (χ0v) is 11.6. The Morgan fingerprint density at radius 1 is 1.35 bits per heavy atom. The minimum absolute atomic E-state index is 0. The van der Waals surface area contributed by atoms with E-state index in [0.29, 0.717) is 12.2 Å². The number of carbonyl (C=O) groups excluding carboxylic acids is 1. The molecule has 4 nitrogen and oxygen atoms in total. The molecule has 2 N–H and O–H groups in total. The van der Waals surface area contributed by atoms with Crippen molar-refractivity contribution in [2.75, 3.05) is 25.6 Å². The van der Waals surface area contributed by atoms with E-state index in [0.717, 1.165) is 5.56 Å². The van der Waals surface area contributed by atoms with Gasteiger partial charge in [0, 0.05) is 12.2 Å². The molecule has 0 aliphatic rings. The third kappa shape index (κ3) is 7.98. The first-order chi connectivity index (χ1) is 8.90. The van der Waals surface area contributed by atoms with E-state index in [-0.39, 0.29) is 12.4 Å². The quantitative estimate of drug-likeness (QED) is 0.848. The molecule has 114 valence electrons. The molecule has 1 amide bonds. The lowest BCUT2D eigenvalue weighted by Gasteiger charge is -2.09. The highest BCUT2D eigenvalue weighted by Crippen LogP contribution is 2.14. The van der Waals surface area contributed by atoms with Crippen molar-refractivity contribution in [3.05, 3.63) is 29.8 Å². The van der Waals surface area contributed by atoms with Crippen LogP contribution >= 0.6 is 12.4 Å². The summed E-state index contributed by atoms with van der Waals surface area (Å²) < 4.78 is 39.7. The zero-order valence-electron chi connectivity index (χ0n) is 10.8. The van der Waals surface area contributed by atoms with Crippen LogP contribution in [0, 0.1) is 0 Å². The van der Waals surface area contributed by atoms with E-state index in [4.69, 9.17) is 0 Å². The van der Waals surface area contributed by atoms with E-state index in [1.807, 2.05) is 6.07 Å². The molecule has 1 rings (SSSR count). The smallest absolute Gasteiger partial charge is 0.362 e. The first-order valence-electron chi connectivity index (χ1n) is 5.58. The van der Waals surface area contributed by atoms with Crippen molar-refractivity contribution in [1.82, 2.24) is 5.32 Å². The van der Waals surface area contributed by atoms with E-state index in [1.165, 1.54) is 0 Å². The van der Waals surface area contributed by atoms with Gasteiger partial charge >= 0.3 is 6.18 Å². The fourth-order valence-electron chi connectivity index (χ4n) is 1.42. The average Bonchev–Trinajstić information content (AvgIpc) is 2.28. The van der Waals surface area contributed by atoms with Crippen LogP contribution in [0.3, 0.4) is 0 Å². The number of hydrogen-bond donors (Lipinski definition) is 2. The molecule has 0 bridgehead atoms. The second-order valence-electron chi connectivity index (χ2n) is 3.89. The van der Waals surface area contributed by atoms with Crippen molar-refractivity contribution in [1.29, 1.82) is 0 Å². The number of alkyl halides is 3. The van der Waals surface area contributed by atoms with Crippen molar-refractivity contribution in [2.45, 2.75) is 12.7 Å². The normalized spacial score (nSPS) is 10.8. The highest BCUT2D eigenvalue weighted by atomic mass is 35.5. The van der Waals surface area contributed by atoms with Gasteiger partial charge in [-0.3, -0.25) is 4.79 Å². The van der Waals surface area contributed by atoms with Gasteiger partial charge in [-0.05, 0) is 24.7 Å². The summed E-state index contributed by atoms with van der Waals surface area (Å²) in [6.45, 7) is -1.43. The summed E-state index contributed by atoms with van der Waals surface area (Å²) in [5.74, 6) is -0.620. The van der Waals surface area contributed by atoms with Crippen LogP contribution in [0.5, 0.6) is 0 Å². The number of hydrogen-bond acceptors (Lipinski definition) is 3. The van der Waals surface area contributed by atoms with Gasteiger partial charge < -0.3 is 15.4 Å². The van der Waals surface area contributed by atoms with E-state index >= 15 is 0 Å². The van der Waals surface area contributed by atoms with Gasteiger partial charge in [-0.1, -0.05) is 12.1 Å². The van der Waals surface area contributed by atoms with E-state index < -0.39 is 25.3 Å². The second kappa shape index (κ2) is 8.78. The predicted octanol–water partition coefficient (Wildman–Crippen LogP) is 2.35. The monoisotopic (exact) mass is 312 g/mol. The molecule has 1 aromatic carbocycles. The molecule has 0 saturated heterocycles. The van der Waals surface area contributed by atoms with Gasteiger partial charge in [0.25, 0.3) is 0 Å². The van der Waals surface area contributed by atoms with Crippen molar-refractivity contribution >= 4 is 24.0 Å². The molecule has 0 fully saturated rings. The highest BCUT2D eigenvalue weighted by Gasteiger charge is 2.27. The van der Waals surface area contributed by atoms with Crippen LogP contribution in [0.2, 0.25) is 0 Å².